The quantitative estimate of drug-likeness (QED) is 0.552. The molecular formula is C16H20ClN5O2S. The van der Waals surface area contributed by atoms with Crippen LogP contribution in [0.3, 0.4) is 0 Å². The Morgan fingerprint density at radius 3 is 3.00 bits per heavy atom. The normalized spacial score (nSPS) is 29.5. The van der Waals surface area contributed by atoms with Crippen LogP contribution in [0.2, 0.25) is 5.02 Å². The molecule has 3 aliphatic rings. The highest BCUT2D eigenvalue weighted by Gasteiger charge is 2.42. The third-order valence-corrected chi connectivity index (χ3v) is 5.38. The van der Waals surface area contributed by atoms with E-state index in [1.54, 1.807) is 0 Å². The molecule has 1 amide bonds. The second kappa shape index (κ2) is 7.14. The van der Waals surface area contributed by atoms with Crippen LogP contribution in [-0.2, 0) is 16.1 Å². The zero-order chi connectivity index (χ0) is 17.4. The third kappa shape index (κ3) is 3.38. The molecule has 3 heterocycles. The number of carbonyl (C=O) groups is 1. The number of rotatable bonds is 3. The molecule has 9 heteroatoms. The lowest BCUT2D eigenvalue weighted by atomic mass is 9.99. The van der Waals surface area contributed by atoms with Crippen molar-refractivity contribution in [2.75, 3.05) is 26.4 Å². The maximum atomic E-state index is 12.1. The highest BCUT2D eigenvalue weighted by Crippen LogP contribution is 2.27. The first-order valence-corrected chi connectivity index (χ1v) is 9.10. The van der Waals surface area contributed by atoms with Gasteiger partial charge in [0, 0.05) is 24.8 Å². The van der Waals surface area contributed by atoms with Crippen molar-refractivity contribution in [1.29, 1.82) is 0 Å². The molecule has 1 aromatic rings. The number of fused-ring (bicyclic) bond motifs is 1. The molecule has 1 aromatic carbocycles. The summed E-state index contributed by atoms with van der Waals surface area (Å²) in [5, 5.41) is 13.8. The first kappa shape index (κ1) is 17.1. The van der Waals surface area contributed by atoms with E-state index in [0.29, 0.717) is 36.6 Å². The standard InChI is InChI=1S/C16H20ClN5O2S/c17-10-2-1-9(11(5-10)12-7-24-4-3-18-12)6-22-14-13(19-8-20-14)15(23)21-16(22)25/h1-2,5,12-14,18-20H,3-4,6-8H2,(H,21,23,25). The fraction of sp³-hybridized carbons (Fsp3) is 0.500. The first-order chi connectivity index (χ1) is 12.1. The van der Waals surface area contributed by atoms with Crippen molar-refractivity contribution in [3.8, 4) is 0 Å². The van der Waals surface area contributed by atoms with Gasteiger partial charge in [0.25, 0.3) is 0 Å². The Hall–Kier alpha value is -1.29. The molecule has 0 aromatic heterocycles. The molecule has 0 spiro atoms. The number of hydrogen-bond acceptors (Lipinski definition) is 6. The third-order valence-electron chi connectivity index (χ3n) is 4.80. The van der Waals surface area contributed by atoms with Gasteiger partial charge < -0.3 is 20.3 Å². The molecule has 3 aliphatic heterocycles. The second-order valence-electron chi connectivity index (χ2n) is 6.35. The number of hydrogen-bond donors (Lipinski definition) is 4. The molecule has 3 atom stereocenters. The largest absolute Gasteiger partial charge is 0.378 e. The van der Waals surface area contributed by atoms with Crippen LogP contribution < -0.4 is 21.3 Å². The minimum Gasteiger partial charge on any atom is -0.378 e. The van der Waals surface area contributed by atoms with Gasteiger partial charge >= 0.3 is 0 Å². The van der Waals surface area contributed by atoms with Crippen molar-refractivity contribution in [1.82, 2.24) is 26.2 Å². The van der Waals surface area contributed by atoms with Gasteiger partial charge in [-0.05, 0) is 35.5 Å². The fourth-order valence-electron chi connectivity index (χ4n) is 3.56. The zero-order valence-electron chi connectivity index (χ0n) is 13.5. The lowest BCUT2D eigenvalue weighted by molar-refractivity contribution is -0.123. The van der Waals surface area contributed by atoms with Crippen LogP contribution in [0.25, 0.3) is 0 Å². The molecule has 3 fully saturated rings. The van der Waals surface area contributed by atoms with Crippen LogP contribution in [0.15, 0.2) is 18.2 Å². The zero-order valence-corrected chi connectivity index (χ0v) is 15.1. The Balaban J connectivity index is 1.61. The van der Waals surface area contributed by atoms with Gasteiger partial charge in [0.2, 0.25) is 5.91 Å². The number of benzene rings is 1. The highest BCUT2D eigenvalue weighted by molar-refractivity contribution is 7.80. The maximum Gasteiger partial charge on any atom is 0.246 e. The van der Waals surface area contributed by atoms with E-state index in [-0.39, 0.29) is 24.2 Å². The number of nitrogens with one attached hydrogen (secondary N) is 4. The average molecular weight is 382 g/mol. The molecule has 4 N–H and O–H groups in total. The Morgan fingerprint density at radius 2 is 2.20 bits per heavy atom. The van der Waals surface area contributed by atoms with Crippen LogP contribution in [-0.4, -0.2) is 54.6 Å². The summed E-state index contributed by atoms with van der Waals surface area (Å²) < 4.78 is 5.60. The molecule has 3 unspecified atom stereocenters. The van der Waals surface area contributed by atoms with Crippen molar-refractivity contribution in [2.24, 2.45) is 0 Å². The molecule has 0 radical (unpaired) electrons. The van der Waals surface area contributed by atoms with Gasteiger partial charge in [-0.1, -0.05) is 17.7 Å². The molecule has 134 valence electrons. The summed E-state index contributed by atoms with van der Waals surface area (Å²) in [6.45, 7) is 3.30. The average Bonchev–Trinajstić information content (AvgIpc) is 3.10. The Morgan fingerprint density at radius 1 is 1.32 bits per heavy atom. The summed E-state index contributed by atoms with van der Waals surface area (Å²) in [4.78, 5) is 14.1. The van der Waals surface area contributed by atoms with Crippen molar-refractivity contribution >= 4 is 34.8 Å². The van der Waals surface area contributed by atoms with E-state index < -0.39 is 0 Å². The van der Waals surface area contributed by atoms with Crippen LogP contribution >= 0.6 is 23.8 Å². The molecule has 0 bridgehead atoms. The fourth-order valence-corrected chi connectivity index (χ4v) is 4.02. The SMILES string of the molecule is O=C1NC(=S)N(Cc2ccc(Cl)cc2C2COCCN2)C2NCNC12. The number of amides is 1. The minimum atomic E-state index is -0.307. The van der Waals surface area contributed by atoms with Crippen molar-refractivity contribution in [2.45, 2.75) is 24.8 Å². The molecule has 3 saturated heterocycles. The van der Waals surface area contributed by atoms with E-state index in [1.165, 1.54) is 0 Å². The molecule has 0 saturated carbocycles. The maximum absolute atomic E-state index is 12.1. The van der Waals surface area contributed by atoms with Gasteiger partial charge in [0.15, 0.2) is 5.11 Å². The molecular weight excluding hydrogens is 362 g/mol. The van der Waals surface area contributed by atoms with Gasteiger partial charge in [-0.2, -0.15) is 0 Å². The summed E-state index contributed by atoms with van der Waals surface area (Å²) in [5.41, 5.74) is 2.22. The van der Waals surface area contributed by atoms with Crippen molar-refractivity contribution in [3.05, 3.63) is 34.3 Å². The van der Waals surface area contributed by atoms with E-state index in [9.17, 15) is 4.79 Å². The number of nitrogens with zero attached hydrogens (tertiary/aromatic N) is 1. The lowest BCUT2D eigenvalue weighted by Gasteiger charge is -2.39. The number of halogens is 1. The van der Waals surface area contributed by atoms with E-state index >= 15 is 0 Å². The van der Waals surface area contributed by atoms with Crippen molar-refractivity contribution in [3.63, 3.8) is 0 Å². The summed E-state index contributed by atoms with van der Waals surface area (Å²) in [5.74, 6) is -0.0880. The molecule has 4 rings (SSSR count). The smallest absolute Gasteiger partial charge is 0.246 e. The van der Waals surface area contributed by atoms with Crippen LogP contribution in [0.1, 0.15) is 17.2 Å². The van der Waals surface area contributed by atoms with Crippen molar-refractivity contribution < 1.29 is 9.53 Å². The van der Waals surface area contributed by atoms with E-state index in [0.717, 1.165) is 17.7 Å². The van der Waals surface area contributed by atoms with Gasteiger partial charge in [0.1, 0.15) is 12.2 Å². The topological polar surface area (TPSA) is 77.7 Å². The monoisotopic (exact) mass is 381 g/mol. The Bertz CT molecular complexity index is 697. The highest BCUT2D eigenvalue weighted by atomic mass is 35.5. The van der Waals surface area contributed by atoms with Crippen LogP contribution in [0.5, 0.6) is 0 Å². The second-order valence-corrected chi connectivity index (χ2v) is 7.18. The van der Waals surface area contributed by atoms with E-state index in [4.69, 9.17) is 28.6 Å². The number of carbonyl (C=O) groups excluding carboxylic acids is 1. The van der Waals surface area contributed by atoms with Gasteiger partial charge in [-0.25, -0.2) is 0 Å². The molecule has 25 heavy (non-hydrogen) atoms. The van der Waals surface area contributed by atoms with Crippen LogP contribution in [0, 0.1) is 0 Å². The van der Waals surface area contributed by atoms with Gasteiger partial charge in [-0.15, -0.1) is 0 Å². The predicted molar refractivity (Wildman–Crippen MR) is 98.0 cm³/mol. The van der Waals surface area contributed by atoms with Gasteiger partial charge in [-0.3, -0.25) is 15.4 Å². The van der Waals surface area contributed by atoms with E-state index in [2.05, 4.69) is 21.3 Å². The van der Waals surface area contributed by atoms with E-state index in [1.807, 2.05) is 23.1 Å². The van der Waals surface area contributed by atoms with Gasteiger partial charge in [0.05, 0.1) is 19.3 Å². The Kier molecular flexibility index (Phi) is 4.90. The van der Waals surface area contributed by atoms with Crippen LogP contribution in [0.4, 0.5) is 0 Å². The Labute approximate surface area is 156 Å². The lowest BCUT2D eigenvalue weighted by Crippen LogP contribution is -2.65. The molecule has 0 aliphatic carbocycles. The number of ether oxygens (including phenoxy) is 1. The minimum absolute atomic E-state index is 0.0880. The number of morpholine rings is 1. The number of thiocarbonyl (C=S) groups is 1. The summed E-state index contributed by atoms with van der Waals surface area (Å²) in [7, 11) is 0. The predicted octanol–water partition coefficient (Wildman–Crippen LogP) is 0.0626. The summed E-state index contributed by atoms with van der Waals surface area (Å²) in [6, 6.07) is 5.67. The molecule has 7 nitrogen and oxygen atoms in total. The summed E-state index contributed by atoms with van der Waals surface area (Å²) >= 11 is 11.6. The first-order valence-electron chi connectivity index (χ1n) is 8.31. The summed E-state index contributed by atoms with van der Waals surface area (Å²) in [6.07, 6.45) is -0.152.